The highest BCUT2D eigenvalue weighted by Crippen LogP contribution is 2.37. The number of Topliss-reactive ketones (excluding diaryl/α,β-unsaturated/α-hetero) is 1. The van der Waals surface area contributed by atoms with Gasteiger partial charge in [0.25, 0.3) is 6.47 Å². The summed E-state index contributed by atoms with van der Waals surface area (Å²) in [6, 6.07) is 19.5. The molecule has 2 heterocycles. The number of ether oxygens (including phenoxy) is 2. The van der Waals surface area contributed by atoms with Crippen LogP contribution in [0.25, 0.3) is 10.1 Å². The van der Waals surface area contributed by atoms with E-state index >= 15 is 0 Å². The highest BCUT2D eigenvalue weighted by molar-refractivity contribution is 7.21. The van der Waals surface area contributed by atoms with Crippen molar-refractivity contribution in [3.63, 3.8) is 0 Å². The third-order valence-electron chi connectivity index (χ3n) is 5.72. The Morgan fingerprint density at radius 3 is 2.63 bits per heavy atom. The van der Waals surface area contributed by atoms with Gasteiger partial charge in [-0.05, 0) is 42.0 Å². The standard InChI is InChI=1S/C26H17Cl2NO5S/c27-17-7-5-15(6-8-17)22-13-29(26(32)34-22)18-9-10-21(33-14-30)16(11-18)12-20(31)25-24(28)19-3-1-2-4-23(19)35-25/h1-11,14,22H,12-13H2/t22-/m0/s1. The first-order chi connectivity index (χ1) is 16.9. The van der Waals surface area contributed by atoms with E-state index in [2.05, 4.69) is 0 Å². The van der Waals surface area contributed by atoms with Gasteiger partial charge in [-0.15, -0.1) is 11.3 Å². The number of cyclic esters (lactones) is 1. The van der Waals surface area contributed by atoms with Gasteiger partial charge in [0.2, 0.25) is 0 Å². The molecular formula is C26H17Cl2NO5S. The molecule has 1 aliphatic heterocycles. The number of benzene rings is 3. The fourth-order valence-corrected chi connectivity index (χ4v) is 5.61. The van der Waals surface area contributed by atoms with E-state index in [4.69, 9.17) is 32.7 Å². The predicted molar refractivity (Wildman–Crippen MR) is 136 cm³/mol. The Bertz CT molecular complexity index is 1450. The van der Waals surface area contributed by atoms with Crippen LogP contribution in [0.5, 0.6) is 5.75 Å². The largest absolute Gasteiger partial charge is 0.439 e. The number of carbonyl (C=O) groups is 3. The predicted octanol–water partition coefficient (Wildman–Crippen LogP) is 6.87. The molecule has 1 aromatic heterocycles. The molecule has 0 unspecified atom stereocenters. The van der Waals surface area contributed by atoms with Gasteiger partial charge >= 0.3 is 6.09 Å². The van der Waals surface area contributed by atoms with E-state index in [1.54, 1.807) is 30.3 Å². The number of anilines is 1. The summed E-state index contributed by atoms with van der Waals surface area (Å²) in [5.41, 5.74) is 1.80. The second-order valence-electron chi connectivity index (χ2n) is 7.88. The van der Waals surface area contributed by atoms with Gasteiger partial charge in [0.1, 0.15) is 11.9 Å². The summed E-state index contributed by atoms with van der Waals surface area (Å²) in [7, 11) is 0. The Hall–Kier alpha value is -3.39. The lowest BCUT2D eigenvalue weighted by molar-refractivity contribution is -0.120. The van der Waals surface area contributed by atoms with Gasteiger partial charge in [0, 0.05) is 32.8 Å². The fraction of sp³-hybridized carbons (Fsp3) is 0.115. The van der Waals surface area contributed by atoms with Crippen LogP contribution in [-0.2, 0) is 16.0 Å². The van der Waals surface area contributed by atoms with Crippen molar-refractivity contribution in [2.45, 2.75) is 12.5 Å². The second-order valence-corrected chi connectivity index (χ2v) is 9.75. The molecule has 0 saturated carbocycles. The van der Waals surface area contributed by atoms with E-state index in [1.807, 2.05) is 36.4 Å². The summed E-state index contributed by atoms with van der Waals surface area (Å²) in [5, 5.41) is 1.81. The average Bonchev–Trinajstić information content (AvgIpc) is 3.41. The zero-order chi connectivity index (χ0) is 24.5. The molecule has 1 amide bonds. The van der Waals surface area contributed by atoms with Crippen molar-refractivity contribution in [1.29, 1.82) is 0 Å². The van der Waals surface area contributed by atoms with E-state index < -0.39 is 12.2 Å². The molecule has 5 rings (SSSR count). The van der Waals surface area contributed by atoms with Crippen molar-refractivity contribution < 1.29 is 23.9 Å². The molecule has 9 heteroatoms. The second kappa shape index (κ2) is 9.70. The summed E-state index contributed by atoms with van der Waals surface area (Å²) in [6.07, 6.45) is -1.04. The van der Waals surface area contributed by atoms with Gasteiger partial charge in [-0.3, -0.25) is 14.5 Å². The first kappa shape index (κ1) is 23.4. The maximum Gasteiger partial charge on any atom is 0.415 e. The maximum atomic E-state index is 13.2. The van der Waals surface area contributed by atoms with Gasteiger partial charge in [-0.1, -0.05) is 53.5 Å². The number of fused-ring (bicyclic) bond motifs is 1. The van der Waals surface area contributed by atoms with E-state index in [0.717, 1.165) is 15.6 Å². The molecule has 0 aliphatic carbocycles. The van der Waals surface area contributed by atoms with Crippen LogP contribution in [0.15, 0.2) is 66.7 Å². The number of carbonyl (C=O) groups excluding carboxylic acids is 3. The Labute approximate surface area is 214 Å². The van der Waals surface area contributed by atoms with Crippen LogP contribution in [0.2, 0.25) is 10.0 Å². The molecule has 0 N–H and O–H groups in total. The van der Waals surface area contributed by atoms with Crippen LogP contribution in [-0.4, -0.2) is 24.9 Å². The summed E-state index contributed by atoms with van der Waals surface area (Å²) in [4.78, 5) is 38.8. The number of nitrogens with zero attached hydrogens (tertiary/aromatic N) is 1. The number of hydrogen-bond donors (Lipinski definition) is 0. The Kier molecular flexibility index (Phi) is 6.47. The van der Waals surface area contributed by atoms with E-state index in [1.165, 1.54) is 16.2 Å². The van der Waals surface area contributed by atoms with Gasteiger partial charge in [-0.2, -0.15) is 0 Å². The van der Waals surface area contributed by atoms with Crippen LogP contribution in [0.4, 0.5) is 10.5 Å². The molecule has 3 aromatic carbocycles. The number of ketones is 1. The highest BCUT2D eigenvalue weighted by Gasteiger charge is 2.34. The van der Waals surface area contributed by atoms with Crippen LogP contribution in [0, 0.1) is 0 Å². The minimum atomic E-state index is -0.515. The molecule has 1 atom stereocenters. The Balaban J connectivity index is 1.43. The summed E-state index contributed by atoms with van der Waals surface area (Å²) >= 11 is 13.8. The van der Waals surface area contributed by atoms with Crippen molar-refractivity contribution in [1.82, 2.24) is 0 Å². The number of hydrogen-bond acceptors (Lipinski definition) is 6. The lowest BCUT2D eigenvalue weighted by atomic mass is 10.0. The number of thiophene rings is 1. The molecule has 176 valence electrons. The molecule has 0 spiro atoms. The van der Waals surface area contributed by atoms with Crippen molar-refractivity contribution in [3.8, 4) is 5.75 Å². The molecule has 4 aromatic rings. The Morgan fingerprint density at radius 2 is 1.89 bits per heavy atom. The minimum Gasteiger partial charge on any atom is -0.439 e. The van der Waals surface area contributed by atoms with Crippen molar-refractivity contribution in [2.75, 3.05) is 11.4 Å². The zero-order valence-electron chi connectivity index (χ0n) is 18.1. The average molecular weight is 526 g/mol. The number of amides is 1. The van der Waals surface area contributed by atoms with E-state index in [9.17, 15) is 14.4 Å². The molecule has 1 aliphatic rings. The molecule has 0 bridgehead atoms. The van der Waals surface area contributed by atoms with Crippen LogP contribution >= 0.6 is 34.5 Å². The van der Waals surface area contributed by atoms with Crippen molar-refractivity contribution in [3.05, 3.63) is 92.8 Å². The SMILES string of the molecule is O=COc1ccc(N2C[C@@H](c3ccc(Cl)cc3)OC2=O)cc1CC(=O)c1sc2ccccc2c1Cl. The van der Waals surface area contributed by atoms with Gasteiger partial charge in [0.05, 0.1) is 16.4 Å². The molecule has 0 radical (unpaired) electrons. The molecule has 6 nitrogen and oxygen atoms in total. The summed E-state index contributed by atoms with van der Waals surface area (Å²) < 4.78 is 11.6. The zero-order valence-corrected chi connectivity index (χ0v) is 20.4. The molecule has 1 saturated heterocycles. The quantitative estimate of drug-likeness (QED) is 0.194. The first-order valence-corrected chi connectivity index (χ1v) is 12.2. The highest BCUT2D eigenvalue weighted by atomic mass is 35.5. The molecule has 1 fully saturated rings. The number of rotatable bonds is 7. The van der Waals surface area contributed by atoms with Crippen LogP contribution < -0.4 is 9.64 Å². The third kappa shape index (κ3) is 4.62. The van der Waals surface area contributed by atoms with Gasteiger partial charge in [-0.25, -0.2) is 4.79 Å². The normalized spacial score (nSPS) is 15.3. The summed E-state index contributed by atoms with van der Waals surface area (Å²) in [6.45, 7) is 0.583. The first-order valence-electron chi connectivity index (χ1n) is 10.6. The number of halogens is 2. The van der Waals surface area contributed by atoms with Crippen molar-refractivity contribution in [2.24, 2.45) is 0 Å². The molecule has 35 heavy (non-hydrogen) atoms. The van der Waals surface area contributed by atoms with Crippen LogP contribution in [0.3, 0.4) is 0 Å². The smallest absolute Gasteiger partial charge is 0.415 e. The van der Waals surface area contributed by atoms with Gasteiger partial charge in [0.15, 0.2) is 5.78 Å². The topological polar surface area (TPSA) is 72.9 Å². The Morgan fingerprint density at radius 1 is 1.11 bits per heavy atom. The monoisotopic (exact) mass is 525 g/mol. The van der Waals surface area contributed by atoms with E-state index in [0.29, 0.717) is 32.6 Å². The minimum absolute atomic E-state index is 0.0624. The van der Waals surface area contributed by atoms with Gasteiger partial charge < -0.3 is 9.47 Å². The van der Waals surface area contributed by atoms with Crippen molar-refractivity contribution >= 4 is 68.7 Å². The fourth-order valence-electron chi connectivity index (χ4n) is 4.01. The van der Waals surface area contributed by atoms with E-state index in [-0.39, 0.29) is 24.5 Å². The molecular weight excluding hydrogens is 509 g/mol. The summed E-state index contributed by atoms with van der Waals surface area (Å²) in [5.74, 6) is 0.0169. The van der Waals surface area contributed by atoms with Crippen LogP contribution in [0.1, 0.15) is 26.9 Å². The lowest BCUT2D eigenvalue weighted by Crippen LogP contribution is -2.23. The maximum absolute atomic E-state index is 13.2. The third-order valence-corrected chi connectivity index (χ3v) is 7.69. The lowest BCUT2D eigenvalue weighted by Gasteiger charge is -2.16.